The number of benzene rings is 2. The van der Waals surface area contributed by atoms with Gasteiger partial charge in [-0.3, -0.25) is 4.90 Å². The maximum absolute atomic E-state index is 11.5. The highest BCUT2D eigenvalue weighted by Gasteiger charge is 2.28. The van der Waals surface area contributed by atoms with E-state index in [0.717, 1.165) is 32.2 Å². The van der Waals surface area contributed by atoms with Gasteiger partial charge in [-0.2, -0.15) is 0 Å². The van der Waals surface area contributed by atoms with Crippen molar-refractivity contribution in [2.75, 3.05) is 6.54 Å². The maximum atomic E-state index is 11.5. The second-order valence-electron chi connectivity index (χ2n) is 6.24. The summed E-state index contributed by atoms with van der Waals surface area (Å²) in [7, 11) is 0. The lowest BCUT2D eigenvalue weighted by atomic mass is 9.86. The van der Waals surface area contributed by atoms with Crippen molar-refractivity contribution < 1.29 is 4.79 Å². The first-order chi connectivity index (χ1) is 10.8. The van der Waals surface area contributed by atoms with E-state index >= 15 is 0 Å². The molecule has 0 aliphatic carbocycles. The number of carbonyl (C=O) groups is 1. The Kier molecular flexibility index (Phi) is 5.02. The molecule has 1 saturated heterocycles. The Bertz CT molecular complexity index is 581. The van der Waals surface area contributed by atoms with Crippen LogP contribution in [0.5, 0.6) is 0 Å². The van der Waals surface area contributed by atoms with E-state index in [1.165, 1.54) is 17.5 Å². The van der Waals surface area contributed by atoms with Crippen LogP contribution in [-0.4, -0.2) is 23.8 Å². The highest BCUT2D eigenvalue weighted by atomic mass is 16.1. The van der Waals surface area contributed by atoms with Gasteiger partial charge in [0.1, 0.15) is 6.29 Å². The average Bonchev–Trinajstić information content (AvgIpc) is 2.58. The predicted octanol–water partition coefficient (Wildman–Crippen LogP) is 3.71. The third kappa shape index (κ3) is 3.83. The van der Waals surface area contributed by atoms with Gasteiger partial charge in [0.25, 0.3) is 0 Å². The molecule has 2 aromatic carbocycles. The van der Waals surface area contributed by atoms with Gasteiger partial charge in [0.2, 0.25) is 0 Å². The zero-order valence-electron chi connectivity index (χ0n) is 12.9. The number of rotatable bonds is 5. The number of carbonyl (C=O) groups excluding carboxylic acids is 1. The summed E-state index contributed by atoms with van der Waals surface area (Å²) < 4.78 is 0. The monoisotopic (exact) mass is 293 g/mol. The molecule has 0 amide bonds. The van der Waals surface area contributed by atoms with Crippen LogP contribution in [0.3, 0.4) is 0 Å². The van der Waals surface area contributed by atoms with E-state index < -0.39 is 0 Å². The van der Waals surface area contributed by atoms with E-state index in [9.17, 15) is 4.79 Å². The molecule has 0 saturated carbocycles. The van der Waals surface area contributed by atoms with Crippen molar-refractivity contribution in [3.05, 3.63) is 71.8 Å². The first-order valence-corrected chi connectivity index (χ1v) is 8.12. The second-order valence-corrected chi connectivity index (χ2v) is 6.24. The lowest BCUT2D eigenvalue weighted by Crippen LogP contribution is -2.43. The van der Waals surface area contributed by atoms with Crippen LogP contribution in [0.4, 0.5) is 0 Å². The van der Waals surface area contributed by atoms with Crippen LogP contribution in [0.15, 0.2) is 60.7 Å². The molecular formula is C20H23NO. The van der Waals surface area contributed by atoms with Gasteiger partial charge < -0.3 is 4.79 Å². The van der Waals surface area contributed by atoms with Crippen molar-refractivity contribution in [1.29, 1.82) is 0 Å². The smallest absolute Gasteiger partial charge is 0.137 e. The van der Waals surface area contributed by atoms with Gasteiger partial charge in [-0.15, -0.1) is 0 Å². The van der Waals surface area contributed by atoms with E-state index in [0.29, 0.717) is 5.92 Å². The molecule has 1 fully saturated rings. The van der Waals surface area contributed by atoms with E-state index in [4.69, 9.17) is 0 Å². The number of nitrogens with zero attached hydrogens (tertiary/aromatic N) is 1. The topological polar surface area (TPSA) is 20.3 Å². The molecule has 0 spiro atoms. The molecule has 114 valence electrons. The minimum absolute atomic E-state index is 0.0580. The van der Waals surface area contributed by atoms with Crippen LogP contribution >= 0.6 is 0 Å². The standard InChI is InChI=1S/C20H23NO/c22-16-20-14-19(13-17-7-3-1-4-8-17)11-12-21(20)15-18-9-5-2-6-10-18/h1-10,16,19-20H,11-15H2. The van der Waals surface area contributed by atoms with Crippen molar-refractivity contribution >= 4 is 6.29 Å². The third-order valence-corrected chi connectivity index (χ3v) is 4.62. The Morgan fingerprint density at radius 3 is 2.23 bits per heavy atom. The summed E-state index contributed by atoms with van der Waals surface area (Å²) in [6.45, 7) is 1.89. The number of aldehydes is 1. The van der Waals surface area contributed by atoms with Crippen molar-refractivity contribution in [2.45, 2.75) is 31.8 Å². The Labute approximate surface area is 132 Å². The molecule has 1 heterocycles. The van der Waals surface area contributed by atoms with Gasteiger partial charge in [0.05, 0.1) is 6.04 Å². The largest absolute Gasteiger partial charge is 0.302 e. The van der Waals surface area contributed by atoms with Gasteiger partial charge >= 0.3 is 0 Å². The number of piperidine rings is 1. The van der Waals surface area contributed by atoms with Crippen LogP contribution in [0, 0.1) is 5.92 Å². The normalized spacial score (nSPS) is 22.4. The lowest BCUT2D eigenvalue weighted by Gasteiger charge is -2.37. The molecule has 2 unspecified atom stereocenters. The van der Waals surface area contributed by atoms with Crippen LogP contribution in [-0.2, 0) is 17.8 Å². The molecule has 0 aromatic heterocycles. The Balaban J connectivity index is 1.60. The highest BCUT2D eigenvalue weighted by Crippen LogP contribution is 2.26. The lowest BCUT2D eigenvalue weighted by molar-refractivity contribution is -0.114. The van der Waals surface area contributed by atoms with Gasteiger partial charge in [-0.25, -0.2) is 0 Å². The van der Waals surface area contributed by atoms with Gasteiger partial charge in [0.15, 0.2) is 0 Å². The number of hydrogen-bond donors (Lipinski definition) is 0. The molecule has 1 aliphatic rings. The predicted molar refractivity (Wildman–Crippen MR) is 89.6 cm³/mol. The Morgan fingerprint density at radius 1 is 0.955 bits per heavy atom. The van der Waals surface area contributed by atoms with Crippen LogP contribution < -0.4 is 0 Å². The maximum Gasteiger partial charge on any atom is 0.137 e. The third-order valence-electron chi connectivity index (χ3n) is 4.62. The van der Waals surface area contributed by atoms with Gasteiger partial charge in [-0.1, -0.05) is 60.7 Å². The molecule has 2 atom stereocenters. The SMILES string of the molecule is O=CC1CC(Cc2ccccc2)CCN1Cc1ccccc1. The van der Waals surface area contributed by atoms with Crippen LogP contribution in [0.25, 0.3) is 0 Å². The minimum atomic E-state index is 0.0580. The van der Waals surface area contributed by atoms with E-state index in [-0.39, 0.29) is 6.04 Å². The number of likely N-dealkylation sites (tertiary alicyclic amines) is 1. The summed E-state index contributed by atoms with van der Waals surface area (Å²) in [5.41, 5.74) is 2.67. The summed E-state index contributed by atoms with van der Waals surface area (Å²) in [5.74, 6) is 0.615. The van der Waals surface area contributed by atoms with Gasteiger partial charge in [0, 0.05) is 6.54 Å². The van der Waals surface area contributed by atoms with Crippen molar-refractivity contribution in [1.82, 2.24) is 4.90 Å². The molecule has 2 aromatic rings. The zero-order valence-corrected chi connectivity index (χ0v) is 12.9. The quantitative estimate of drug-likeness (QED) is 0.783. The van der Waals surface area contributed by atoms with Crippen LogP contribution in [0.1, 0.15) is 24.0 Å². The van der Waals surface area contributed by atoms with E-state index in [1.807, 2.05) is 6.07 Å². The second kappa shape index (κ2) is 7.37. The highest BCUT2D eigenvalue weighted by molar-refractivity contribution is 5.57. The molecule has 3 rings (SSSR count). The summed E-state index contributed by atoms with van der Waals surface area (Å²) in [5, 5.41) is 0. The fraction of sp³-hybridized carbons (Fsp3) is 0.350. The molecule has 0 bridgehead atoms. The summed E-state index contributed by atoms with van der Waals surface area (Å²) >= 11 is 0. The molecule has 1 aliphatic heterocycles. The Morgan fingerprint density at radius 2 is 1.59 bits per heavy atom. The molecule has 22 heavy (non-hydrogen) atoms. The summed E-state index contributed by atoms with van der Waals surface area (Å²) in [6.07, 6.45) is 4.38. The van der Waals surface area contributed by atoms with Crippen LogP contribution in [0.2, 0.25) is 0 Å². The fourth-order valence-corrected chi connectivity index (χ4v) is 3.41. The molecule has 0 N–H and O–H groups in total. The van der Waals surface area contributed by atoms with Gasteiger partial charge in [-0.05, 0) is 42.9 Å². The zero-order chi connectivity index (χ0) is 15.2. The summed E-state index contributed by atoms with van der Waals surface area (Å²) in [4.78, 5) is 13.8. The fourth-order valence-electron chi connectivity index (χ4n) is 3.41. The molecule has 0 radical (unpaired) electrons. The molecule has 2 nitrogen and oxygen atoms in total. The van der Waals surface area contributed by atoms with Crippen molar-refractivity contribution in [2.24, 2.45) is 5.92 Å². The van der Waals surface area contributed by atoms with Crippen molar-refractivity contribution in [3.8, 4) is 0 Å². The first kappa shape index (κ1) is 15.0. The summed E-state index contributed by atoms with van der Waals surface area (Å²) in [6, 6.07) is 21.1. The van der Waals surface area contributed by atoms with E-state index in [2.05, 4.69) is 59.5 Å². The Hall–Kier alpha value is -1.93. The minimum Gasteiger partial charge on any atom is -0.302 e. The first-order valence-electron chi connectivity index (χ1n) is 8.12. The number of hydrogen-bond acceptors (Lipinski definition) is 2. The van der Waals surface area contributed by atoms with E-state index in [1.54, 1.807) is 0 Å². The average molecular weight is 293 g/mol. The molecule has 2 heteroatoms. The van der Waals surface area contributed by atoms with Crippen molar-refractivity contribution in [3.63, 3.8) is 0 Å². The molecular weight excluding hydrogens is 270 g/mol.